The minimum absolute atomic E-state index is 0.0237. The van der Waals surface area contributed by atoms with Crippen molar-refractivity contribution in [2.75, 3.05) is 13.1 Å². The van der Waals surface area contributed by atoms with Crippen molar-refractivity contribution >= 4 is 23.6 Å². The molecule has 0 saturated carbocycles. The lowest BCUT2D eigenvalue weighted by molar-refractivity contribution is -0.142. The highest BCUT2D eigenvalue weighted by Gasteiger charge is 2.36. The Morgan fingerprint density at radius 3 is 2.80 bits per heavy atom. The van der Waals surface area contributed by atoms with Gasteiger partial charge >= 0.3 is 12.0 Å². The van der Waals surface area contributed by atoms with Gasteiger partial charge in [0.1, 0.15) is 0 Å². The van der Waals surface area contributed by atoms with Crippen LogP contribution in [0, 0.1) is 11.8 Å². The summed E-state index contributed by atoms with van der Waals surface area (Å²) in [7, 11) is 0. The molecule has 0 spiro atoms. The molecule has 2 rings (SSSR count). The largest absolute Gasteiger partial charge is 0.481 e. The highest BCUT2D eigenvalue weighted by molar-refractivity contribution is 6.30. The third-order valence-electron chi connectivity index (χ3n) is 3.55. The molecule has 1 saturated heterocycles. The first-order valence-electron chi connectivity index (χ1n) is 6.47. The number of nitrogens with zero attached hydrogens (tertiary/aromatic N) is 1. The van der Waals surface area contributed by atoms with Crippen LogP contribution < -0.4 is 5.32 Å². The van der Waals surface area contributed by atoms with Gasteiger partial charge in [-0.15, -0.1) is 0 Å². The molecular formula is C14H17ClN2O3. The van der Waals surface area contributed by atoms with Gasteiger partial charge in [-0.25, -0.2) is 4.79 Å². The highest BCUT2D eigenvalue weighted by Crippen LogP contribution is 2.23. The van der Waals surface area contributed by atoms with Crippen molar-refractivity contribution < 1.29 is 14.7 Å². The SMILES string of the molecule is C[C@@H]1CN(C(=O)NCc2cccc(Cl)c2)C[C@H]1C(=O)O. The normalized spacial score (nSPS) is 21.8. The summed E-state index contributed by atoms with van der Waals surface area (Å²) in [4.78, 5) is 24.6. The topological polar surface area (TPSA) is 69.6 Å². The number of carbonyl (C=O) groups is 2. The van der Waals surface area contributed by atoms with Crippen molar-refractivity contribution in [3.8, 4) is 0 Å². The van der Waals surface area contributed by atoms with E-state index in [0.717, 1.165) is 5.56 Å². The maximum absolute atomic E-state index is 12.0. The first kappa shape index (κ1) is 14.7. The van der Waals surface area contributed by atoms with E-state index < -0.39 is 11.9 Å². The van der Waals surface area contributed by atoms with E-state index in [0.29, 0.717) is 18.1 Å². The molecule has 2 N–H and O–H groups in total. The number of carboxylic acids is 1. The second kappa shape index (κ2) is 6.13. The molecule has 0 aromatic heterocycles. The molecule has 6 heteroatoms. The lowest BCUT2D eigenvalue weighted by atomic mass is 9.99. The van der Waals surface area contributed by atoms with Gasteiger partial charge in [0.15, 0.2) is 0 Å². The van der Waals surface area contributed by atoms with Crippen molar-refractivity contribution in [1.29, 1.82) is 0 Å². The predicted molar refractivity (Wildman–Crippen MR) is 75.6 cm³/mol. The molecule has 0 unspecified atom stereocenters. The number of benzene rings is 1. The minimum atomic E-state index is -0.845. The van der Waals surface area contributed by atoms with Crippen molar-refractivity contribution in [3.63, 3.8) is 0 Å². The highest BCUT2D eigenvalue weighted by atomic mass is 35.5. The number of rotatable bonds is 3. The molecule has 1 fully saturated rings. The van der Waals surface area contributed by atoms with E-state index in [-0.39, 0.29) is 18.5 Å². The van der Waals surface area contributed by atoms with Crippen LogP contribution in [0.2, 0.25) is 5.02 Å². The van der Waals surface area contributed by atoms with Crippen molar-refractivity contribution in [2.45, 2.75) is 13.5 Å². The van der Waals surface area contributed by atoms with E-state index in [4.69, 9.17) is 16.7 Å². The maximum atomic E-state index is 12.0. The molecule has 108 valence electrons. The van der Waals surface area contributed by atoms with Crippen molar-refractivity contribution in [2.24, 2.45) is 11.8 Å². The Bertz CT molecular complexity index is 521. The summed E-state index contributed by atoms with van der Waals surface area (Å²) in [6.07, 6.45) is 0. The summed E-state index contributed by atoms with van der Waals surface area (Å²) in [6.45, 7) is 2.96. The van der Waals surface area contributed by atoms with E-state index in [1.54, 1.807) is 17.0 Å². The molecule has 1 aromatic carbocycles. The molecular weight excluding hydrogens is 280 g/mol. The van der Waals surface area contributed by atoms with Gasteiger partial charge in [0.2, 0.25) is 0 Å². The molecule has 2 atom stereocenters. The zero-order valence-electron chi connectivity index (χ0n) is 11.2. The zero-order chi connectivity index (χ0) is 14.7. The van der Waals surface area contributed by atoms with E-state index in [9.17, 15) is 9.59 Å². The smallest absolute Gasteiger partial charge is 0.317 e. The quantitative estimate of drug-likeness (QED) is 0.898. The summed E-state index contributed by atoms with van der Waals surface area (Å²) in [6, 6.07) is 7.02. The summed E-state index contributed by atoms with van der Waals surface area (Å²) >= 11 is 5.87. The Hall–Kier alpha value is -1.75. The van der Waals surface area contributed by atoms with Crippen LogP contribution in [0.5, 0.6) is 0 Å². The number of carbonyl (C=O) groups excluding carboxylic acids is 1. The number of carboxylic acid groups (broad SMARTS) is 1. The Morgan fingerprint density at radius 2 is 2.20 bits per heavy atom. The molecule has 0 bridgehead atoms. The van der Waals surface area contributed by atoms with Gasteiger partial charge in [-0.1, -0.05) is 30.7 Å². The zero-order valence-corrected chi connectivity index (χ0v) is 11.9. The number of likely N-dealkylation sites (tertiary alicyclic amines) is 1. The monoisotopic (exact) mass is 296 g/mol. The molecule has 0 aliphatic carbocycles. The van der Waals surface area contributed by atoms with Gasteiger partial charge in [-0.05, 0) is 23.6 Å². The van der Waals surface area contributed by atoms with Gasteiger partial charge in [-0.2, -0.15) is 0 Å². The van der Waals surface area contributed by atoms with E-state index >= 15 is 0 Å². The summed E-state index contributed by atoms with van der Waals surface area (Å²) in [5, 5.41) is 12.5. The lowest BCUT2D eigenvalue weighted by Gasteiger charge is -2.17. The lowest BCUT2D eigenvalue weighted by Crippen LogP contribution is -2.38. The first-order valence-corrected chi connectivity index (χ1v) is 6.85. The van der Waals surface area contributed by atoms with Crippen LogP contribution in [0.3, 0.4) is 0 Å². The van der Waals surface area contributed by atoms with Gasteiger partial charge in [0.05, 0.1) is 5.92 Å². The number of hydrogen-bond acceptors (Lipinski definition) is 2. The van der Waals surface area contributed by atoms with Gasteiger partial charge in [-0.3, -0.25) is 4.79 Å². The second-order valence-electron chi connectivity index (χ2n) is 5.12. The predicted octanol–water partition coefficient (Wildman–Crippen LogP) is 2.20. The Labute approximate surface area is 122 Å². The van der Waals surface area contributed by atoms with Crippen LogP contribution in [-0.2, 0) is 11.3 Å². The second-order valence-corrected chi connectivity index (χ2v) is 5.55. The number of halogens is 1. The first-order chi connectivity index (χ1) is 9.47. The fourth-order valence-corrected chi connectivity index (χ4v) is 2.60. The minimum Gasteiger partial charge on any atom is -0.481 e. The average molecular weight is 297 g/mol. The maximum Gasteiger partial charge on any atom is 0.317 e. The van der Waals surface area contributed by atoms with Crippen LogP contribution in [0.15, 0.2) is 24.3 Å². The number of aliphatic carboxylic acids is 1. The molecule has 1 aliphatic rings. The molecule has 1 aliphatic heterocycles. The van der Waals surface area contributed by atoms with E-state index in [1.807, 2.05) is 19.1 Å². The molecule has 1 heterocycles. The average Bonchev–Trinajstić information content (AvgIpc) is 2.78. The van der Waals surface area contributed by atoms with Crippen molar-refractivity contribution in [3.05, 3.63) is 34.9 Å². The fourth-order valence-electron chi connectivity index (χ4n) is 2.39. The number of nitrogens with one attached hydrogen (secondary N) is 1. The number of urea groups is 1. The Kier molecular flexibility index (Phi) is 4.49. The van der Waals surface area contributed by atoms with Crippen LogP contribution in [-0.4, -0.2) is 35.1 Å². The molecule has 2 amide bonds. The third kappa shape index (κ3) is 3.42. The third-order valence-corrected chi connectivity index (χ3v) is 3.78. The molecule has 20 heavy (non-hydrogen) atoms. The Morgan fingerprint density at radius 1 is 1.45 bits per heavy atom. The summed E-state index contributed by atoms with van der Waals surface area (Å²) < 4.78 is 0. The van der Waals surface area contributed by atoms with Crippen LogP contribution >= 0.6 is 11.6 Å². The number of hydrogen-bond donors (Lipinski definition) is 2. The number of amides is 2. The van der Waals surface area contributed by atoms with Crippen molar-refractivity contribution in [1.82, 2.24) is 10.2 Å². The van der Waals surface area contributed by atoms with Crippen LogP contribution in [0.25, 0.3) is 0 Å². The molecule has 1 aromatic rings. The van der Waals surface area contributed by atoms with E-state index in [2.05, 4.69) is 5.32 Å². The summed E-state index contributed by atoms with van der Waals surface area (Å²) in [5.74, 6) is -1.35. The van der Waals surface area contributed by atoms with Crippen LogP contribution in [0.1, 0.15) is 12.5 Å². The van der Waals surface area contributed by atoms with Gasteiger partial charge in [0, 0.05) is 24.7 Å². The Balaban J connectivity index is 1.88. The molecule has 0 radical (unpaired) electrons. The van der Waals surface area contributed by atoms with Gasteiger partial charge < -0.3 is 15.3 Å². The van der Waals surface area contributed by atoms with Crippen LogP contribution in [0.4, 0.5) is 4.79 Å². The molecule has 5 nitrogen and oxygen atoms in total. The van der Waals surface area contributed by atoms with Gasteiger partial charge in [0.25, 0.3) is 0 Å². The summed E-state index contributed by atoms with van der Waals surface area (Å²) in [5.41, 5.74) is 0.910. The standard InChI is InChI=1S/C14H17ClN2O3/c1-9-7-17(8-12(9)13(18)19)14(20)16-6-10-3-2-4-11(15)5-10/h2-5,9,12H,6-8H2,1H3,(H,16,20)(H,18,19)/t9-,12-/m1/s1. The van der Waals surface area contributed by atoms with E-state index in [1.165, 1.54) is 0 Å². The fraction of sp³-hybridized carbons (Fsp3) is 0.429.